The molecule has 0 saturated heterocycles. The molecule has 1 rings (SSSR count). The van der Waals surface area contributed by atoms with Gasteiger partial charge in [-0.25, -0.2) is 5.43 Å². The zero-order chi connectivity index (χ0) is 10.1. The highest BCUT2D eigenvalue weighted by atomic mass is 15.5. The van der Waals surface area contributed by atoms with E-state index in [2.05, 4.69) is 19.3 Å². The van der Waals surface area contributed by atoms with Gasteiger partial charge in [-0.1, -0.05) is 20.3 Å². The highest BCUT2D eigenvalue weighted by Gasteiger charge is 2.47. The molecule has 0 aliphatic heterocycles. The van der Waals surface area contributed by atoms with E-state index in [1.54, 1.807) is 0 Å². The molecule has 1 fully saturated rings. The average molecular weight is 185 g/mol. The Hall–Kier alpha value is -0.120. The van der Waals surface area contributed by atoms with Gasteiger partial charge in [0.05, 0.1) is 0 Å². The van der Waals surface area contributed by atoms with Crippen molar-refractivity contribution < 1.29 is 0 Å². The first-order valence-electron chi connectivity index (χ1n) is 5.09. The van der Waals surface area contributed by atoms with Crippen LogP contribution in [-0.4, -0.2) is 31.2 Å². The SMILES string of the molecule is CN(C)NC1(CN)CCCC1(C)C. The predicted octanol–water partition coefficient (Wildman–Crippen LogP) is 0.960. The summed E-state index contributed by atoms with van der Waals surface area (Å²) in [6, 6.07) is 0. The summed E-state index contributed by atoms with van der Waals surface area (Å²) in [5.41, 5.74) is 9.83. The molecule has 78 valence electrons. The quantitative estimate of drug-likeness (QED) is 0.644. The summed E-state index contributed by atoms with van der Waals surface area (Å²) in [7, 11) is 4.07. The Labute approximate surface area is 81.6 Å². The molecule has 1 saturated carbocycles. The summed E-state index contributed by atoms with van der Waals surface area (Å²) in [6.45, 7) is 5.34. The fourth-order valence-electron chi connectivity index (χ4n) is 2.47. The van der Waals surface area contributed by atoms with Crippen LogP contribution in [0.25, 0.3) is 0 Å². The van der Waals surface area contributed by atoms with E-state index in [0.29, 0.717) is 5.41 Å². The van der Waals surface area contributed by atoms with E-state index in [1.165, 1.54) is 19.3 Å². The van der Waals surface area contributed by atoms with Gasteiger partial charge in [0.15, 0.2) is 0 Å². The molecule has 0 radical (unpaired) electrons. The van der Waals surface area contributed by atoms with Gasteiger partial charge in [-0.15, -0.1) is 0 Å². The van der Waals surface area contributed by atoms with Crippen LogP contribution < -0.4 is 11.2 Å². The number of nitrogens with zero attached hydrogens (tertiary/aromatic N) is 1. The summed E-state index contributed by atoms with van der Waals surface area (Å²) in [6.07, 6.45) is 3.74. The van der Waals surface area contributed by atoms with E-state index in [9.17, 15) is 0 Å². The summed E-state index contributed by atoms with van der Waals surface area (Å²) >= 11 is 0. The number of hydrogen-bond acceptors (Lipinski definition) is 3. The molecule has 0 aromatic carbocycles. The van der Waals surface area contributed by atoms with Crippen LogP contribution in [-0.2, 0) is 0 Å². The maximum atomic E-state index is 5.90. The second-order valence-electron chi connectivity index (χ2n) is 5.03. The second-order valence-corrected chi connectivity index (χ2v) is 5.03. The second kappa shape index (κ2) is 3.56. The Morgan fingerprint density at radius 1 is 1.31 bits per heavy atom. The Kier molecular flexibility index (Phi) is 3.00. The van der Waals surface area contributed by atoms with Crippen LogP contribution in [0.5, 0.6) is 0 Å². The maximum Gasteiger partial charge on any atom is 0.0498 e. The van der Waals surface area contributed by atoms with Crippen molar-refractivity contribution >= 4 is 0 Å². The summed E-state index contributed by atoms with van der Waals surface area (Å²) < 4.78 is 0. The van der Waals surface area contributed by atoms with Crippen molar-refractivity contribution in [3.63, 3.8) is 0 Å². The lowest BCUT2D eigenvalue weighted by Crippen LogP contribution is -2.61. The first-order chi connectivity index (χ1) is 5.93. The lowest BCUT2D eigenvalue weighted by molar-refractivity contribution is 0.0774. The van der Waals surface area contributed by atoms with Crippen LogP contribution in [0.3, 0.4) is 0 Å². The molecule has 0 bridgehead atoms. The number of hydrogen-bond donors (Lipinski definition) is 2. The number of nitrogens with two attached hydrogens (primary N) is 1. The van der Waals surface area contributed by atoms with Gasteiger partial charge in [0.25, 0.3) is 0 Å². The van der Waals surface area contributed by atoms with E-state index in [4.69, 9.17) is 5.73 Å². The Balaban J connectivity index is 2.79. The van der Waals surface area contributed by atoms with Crippen LogP contribution in [0.1, 0.15) is 33.1 Å². The highest BCUT2D eigenvalue weighted by Crippen LogP contribution is 2.45. The zero-order valence-electron chi connectivity index (χ0n) is 9.35. The van der Waals surface area contributed by atoms with Crippen LogP contribution >= 0.6 is 0 Å². The molecule has 3 nitrogen and oxygen atoms in total. The predicted molar refractivity (Wildman–Crippen MR) is 56.2 cm³/mol. The van der Waals surface area contributed by atoms with E-state index in [-0.39, 0.29) is 5.54 Å². The minimum atomic E-state index is 0.108. The molecule has 3 heteroatoms. The Morgan fingerprint density at radius 2 is 1.92 bits per heavy atom. The van der Waals surface area contributed by atoms with Crippen molar-refractivity contribution in [2.24, 2.45) is 11.1 Å². The van der Waals surface area contributed by atoms with Gasteiger partial charge in [-0.3, -0.25) is 5.01 Å². The van der Waals surface area contributed by atoms with Crippen molar-refractivity contribution in [2.45, 2.75) is 38.6 Å². The fraction of sp³-hybridized carbons (Fsp3) is 1.00. The largest absolute Gasteiger partial charge is 0.329 e. The normalized spacial score (nSPS) is 32.8. The van der Waals surface area contributed by atoms with E-state index >= 15 is 0 Å². The van der Waals surface area contributed by atoms with Crippen LogP contribution in [0, 0.1) is 5.41 Å². The number of hydrazine groups is 1. The van der Waals surface area contributed by atoms with Gasteiger partial charge < -0.3 is 5.73 Å². The van der Waals surface area contributed by atoms with Gasteiger partial charge >= 0.3 is 0 Å². The summed E-state index contributed by atoms with van der Waals surface area (Å²) in [4.78, 5) is 0. The third kappa shape index (κ3) is 1.87. The zero-order valence-corrected chi connectivity index (χ0v) is 9.35. The van der Waals surface area contributed by atoms with Gasteiger partial charge in [0.2, 0.25) is 0 Å². The van der Waals surface area contributed by atoms with Crippen molar-refractivity contribution in [1.82, 2.24) is 10.4 Å². The maximum absolute atomic E-state index is 5.90. The molecule has 0 aromatic rings. The van der Waals surface area contributed by atoms with Crippen LogP contribution in [0.2, 0.25) is 0 Å². The standard InChI is InChI=1S/C10H23N3/c1-9(2)6-5-7-10(9,8-11)12-13(3)4/h12H,5-8,11H2,1-4H3. The smallest absolute Gasteiger partial charge is 0.0498 e. The summed E-state index contributed by atoms with van der Waals surface area (Å²) in [5, 5.41) is 2.03. The molecule has 0 spiro atoms. The Morgan fingerprint density at radius 3 is 2.23 bits per heavy atom. The van der Waals surface area contributed by atoms with Crippen molar-refractivity contribution in [3.8, 4) is 0 Å². The van der Waals surface area contributed by atoms with Crippen LogP contribution in [0.4, 0.5) is 0 Å². The van der Waals surface area contributed by atoms with E-state index < -0.39 is 0 Å². The molecule has 3 N–H and O–H groups in total. The first-order valence-corrected chi connectivity index (χ1v) is 5.09. The van der Waals surface area contributed by atoms with Crippen LogP contribution in [0.15, 0.2) is 0 Å². The molecule has 1 atom stereocenters. The lowest BCUT2D eigenvalue weighted by atomic mass is 9.75. The van der Waals surface area contributed by atoms with Crippen molar-refractivity contribution in [1.29, 1.82) is 0 Å². The highest BCUT2D eigenvalue weighted by molar-refractivity contribution is 5.04. The van der Waals surface area contributed by atoms with E-state index in [1.807, 2.05) is 19.1 Å². The first kappa shape index (κ1) is 11.0. The minimum absolute atomic E-state index is 0.108. The molecule has 13 heavy (non-hydrogen) atoms. The van der Waals surface area contributed by atoms with Gasteiger partial charge in [-0.05, 0) is 18.3 Å². The molecule has 0 aromatic heterocycles. The third-order valence-electron chi connectivity index (χ3n) is 3.49. The summed E-state index contributed by atoms with van der Waals surface area (Å²) in [5.74, 6) is 0. The third-order valence-corrected chi connectivity index (χ3v) is 3.49. The Bertz CT molecular complexity index is 177. The fourth-order valence-corrected chi connectivity index (χ4v) is 2.47. The molecular weight excluding hydrogens is 162 g/mol. The van der Waals surface area contributed by atoms with Gasteiger partial charge in [0, 0.05) is 26.2 Å². The molecule has 1 unspecified atom stereocenters. The minimum Gasteiger partial charge on any atom is -0.329 e. The molecule has 1 aliphatic carbocycles. The monoisotopic (exact) mass is 185 g/mol. The van der Waals surface area contributed by atoms with Gasteiger partial charge in [-0.2, -0.15) is 0 Å². The molecular formula is C10H23N3. The van der Waals surface area contributed by atoms with Crippen molar-refractivity contribution in [2.75, 3.05) is 20.6 Å². The number of rotatable bonds is 3. The average Bonchev–Trinajstić information content (AvgIpc) is 2.27. The van der Waals surface area contributed by atoms with E-state index in [0.717, 1.165) is 6.54 Å². The number of nitrogens with one attached hydrogen (secondary N) is 1. The lowest BCUT2D eigenvalue weighted by Gasteiger charge is -2.43. The van der Waals surface area contributed by atoms with Crippen molar-refractivity contribution in [3.05, 3.63) is 0 Å². The topological polar surface area (TPSA) is 41.3 Å². The molecule has 0 heterocycles. The van der Waals surface area contributed by atoms with Gasteiger partial charge in [0.1, 0.15) is 0 Å². The molecule has 1 aliphatic rings. The molecule has 0 amide bonds.